The van der Waals surface area contributed by atoms with Crippen LogP contribution in [0.2, 0.25) is 5.02 Å². The molecule has 0 aliphatic carbocycles. The molecule has 0 aromatic heterocycles. The molecule has 0 saturated carbocycles. The third-order valence-corrected chi connectivity index (χ3v) is 3.32. The van der Waals surface area contributed by atoms with Crippen molar-refractivity contribution < 1.29 is 19.4 Å². The highest BCUT2D eigenvalue weighted by Crippen LogP contribution is 2.23. The van der Waals surface area contributed by atoms with Crippen molar-refractivity contribution in [3.05, 3.63) is 28.8 Å². The lowest BCUT2D eigenvalue weighted by molar-refractivity contribution is -0.154. The summed E-state index contributed by atoms with van der Waals surface area (Å²) < 4.78 is 5.07. The van der Waals surface area contributed by atoms with Crippen LogP contribution in [0.25, 0.3) is 0 Å². The number of aryl methyl sites for hydroxylation is 1. The summed E-state index contributed by atoms with van der Waals surface area (Å²) in [5.74, 6) is -1.07. The van der Waals surface area contributed by atoms with Crippen molar-refractivity contribution in [1.82, 2.24) is 4.90 Å². The lowest BCUT2D eigenvalue weighted by Gasteiger charge is -2.31. The van der Waals surface area contributed by atoms with E-state index in [0.717, 1.165) is 5.56 Å². The fourth-order valence-corrected chi connectivity index (χ4v) is 2.08. The van der Waals surface area contributed by atoms with Gasteiger partial charge in [0.2, 0.25) is 0 Å². The first-order chi connectivity index (χ1) is 9.47. The molecule has 7 heteroatoms. The average Bonchev–Trinajstić information content (AvgIpc) is 2.43. The van der Waals surface area contributed by atoms with Crippen molar-refractivity contribution in [2.24, 2.45) is 0 Å². The maximum absolute atomic E-state index is 12.1. The Bertz CT molecular complexity index is 535. The molecule has 1 aliphatic heterocycles. The average molecular weight is 299 g/mol. The molecule has 6 nitrogen and oxygen atoms in total. The number of aliphatic carboxylic acids is 1. The second-order valence-electron chi connectivity index (χ2n) is 4.56. The van der Waals surface area contributed by atoms with Gasteiger partial charge in [-0.05, 0) is 24.6 Å². The van der Waals surface area contributed by atoms with Crippen molar-refractivity contribution in [3.63, 3.8) is 0 Å². The monoisotopic (exact) mass is 298 g/mol. The fourth-order valence-electron chi connectivity index (χ4n) is 1.91. The van der Waals surface area contributed by atoms with Crippen molar-refractivity contribution >= 4 is 29.3 Å². The van der Waals surface area contributed by atoms with Gasteiger partial charge < -0.3 is 20.1 Å². The molecule has 2 N–H and O–H groups in total. The number of carbonyl (C=O) groups excluding carboxylic acids is 1. The van der Waals surface area contributed by atoms with E-state index in [9.17, 15) is 9.59 Å². The fraction of sp³-hybridized carbons (Fsp3) is 0.385. The number of nitrogens with one attached hydrogen (secondary N) is 1. The lowest BCUT2D eigenvalue weighted by Crippen LogP contribution is -2.49. The predicted molar refractivity (Wildman–Crippen MR) is 74.2 cm³/mol. The summed E-state index contributed by atoms with van der Waals surface area (Å²) in [7, 11) is 0. The van der Waals surface area contributed by atoms with Crippen molar-refractivity contribution in [3.8, 4) is 0 Å². The highest BCUT2D eigenvalue weighted by Gasteiger charge is 2.29. The molecular formula is C13H15ClN2O4. The number of halogens is 1. The quantitative estimate of drug-likeness (QED) is 0.875. The van der Waals surface area contributed by atoms with Crippen molar-refractivity contribution in [2.45, 2.75) is 13.0 Å². The number of carbonyl (C=O) groups is 2. The van der Waals surface area contributed by atoms with E-state index in [1.54, 1.807) is 12.1 Å². The van der Waals surface area contributed by atoms with Crippen LogP contribution in [0.1, 0.15) is 5.56 Å². The number of hydrogen-bond donors (Lipinski definition) is 2. The van der Waals surface area contributed by atoms with Crippen molar-refractivity contribution in [1.29, 1.82) is 0 Å². The van der Waals surface area contributed by atoms with Gasteiger partial charge in [0.25, 0.3) is 0 Å². The predicted octanol–water partition coefficient (Wildman–Crippen LogP) is 1.97. The Morgan fingerprint density at radius 2 is 2.25 bits per heavy atom. The van der Waals surface area contributed by atoms with E-state index in [0.29, 0.717) is 17.3 Å². The largest absolute Gasteiger partial charge is 0.479 e. The topological polar surface area (TPSA) is 78.9 Å². The van der Waals surface area contributed by atoms with E-state index in [-0.39, 0.29) is 19.2 Å². The van der Waals surface area contributed by atoms with Gasteiger partial charge in [0.05, 0.1) is 23.9 Å². The van der Waals surface area contributed by atoms with Crippen LogP contribution in [0.3, 0.4) is 0 Å². The number of anilines is 1. The molecule has 0 spiro atoms. The molecule has 2 rings (SSSR count). The third-order valence-electron chi connectivity index (χ3n) is 2.99. The van der Waals surface area contributed by atoms with E-state index >= 15 is 0 Å². The molecular weight excluding hydrogens is 284 g/mol. The van der Waals surface area contributed by atoms with Gasteiger partial charge in [-0.1, -0.05) is 17.7 Å². The molecule has 1 heterocycles. The Balaban J connectivity index is 2.04. The standard InChI is InChI=1S/C13H15ClN2O4/c1-8-2-3-9(14)10(6-8)15-13(19)16-4-5-20-11(7-16)12(17)18/h2-3,6,11H,4-5,7H2,1H3,(H,15,19)(H,17,18). The van der Waals surface area contributed by atoms with Crippen LogP contribution in [0, 0.1) is 6.92 Å². The van der Waals surface area contributed by atoms with Crippen LogP contribution < -0.4 is 5.32 Å². The van der Waals surface area contributed by atoms with E-state index in [1.165, 1.54) is 4.90 Å². The first kappa shape index (κ1) is 14.6. The highest BCUT2D eigenvalue weighted by molar-refractivity contribution is 6.33. The number of morpholine rings is 1. The minimum Gasteiger partial charge on any atom is -0.479 e. The first-order valence-electron chi connectivity index (χ1n) is 6.14. The van der Waals surface area contributed by atoms with Crippen molar-refractivity contribution in [2.75, 3.05) is 25.0 Å². The summed E-state index contributed by atoms with van der Waals surface area (Å²) in [6, 6.07) is 4.92. The summed E-state index contributed by atoms with van der Waals surface area (Å²) in [4.78, 5) is 24.4. The van der Waals surface area contributed by atoms with Gasteiger partial charge in [0, 0.05) is 6.54 Å². The molecule has 1 fully saturated rings. The van der Waals surface area contributed by atoms with E-state index in [2.05, 4.69) is 5.32 Å². The molecule has 1 atom stereocenters. The summed E-state index contributed by atoms with van der Waals surface area (Å²) >= 11 is 6.01. The highest BCUT2D eigenvalue weighted by atomic mass is 35.5. The molecule has 2 amide bonds. The zero-order chi connectivity index (χ0) is 14.7. The summed E-state index contributed by atoms with van der Waals surface area (Å²) in [6.45, 7) is 2.46. The van der Waals surface area contributed by atoms with Gasteiger partial charge in [-0.2, -0.15) is 0 Å². The molecule has 20 heavy (non-hydrogen) atoms. The number of carboxylic acid groups (broad SMARTS) is 1. The molecule has 1 aliphatic rings. The van der Waals surface area contributed by atoms with Gasteiger partial charge in [0.15, 0.2) is 6.10 Å². The zero-order valence-electron chi connectivity index (χ0n) is 10.9. The van der Waals surface area contributed by atoms with Crippen LogP contribution in [-0.2, 0) is 9.53 Å². The van der Waals surface area contributed by atoms with Crippen LogP contribution in [-0.4, -0.2) is 47.8 Å². The number of ether oxygens (including phenoxy) is 1. The maximum atomic E-state index is 12.1. The Hall–Kier alpha value is -1.79. The number of rotatable bonds is 2. The molecule has 108 valence electrons. The molecule has 1 aromatic carbocycles. The van der Waals surface area contributed by atoms with E-state index in [1.807, 2.05) is 13.0 Å². The minimum absolute atomic E-state index is 0.0185. The zero-order valence-corrected chi connectivity index (χ0v) is 11.7. The lowest BCUT2D eigenvalue weighted by atomic mass is 10.2. The second-order valence-corrected chi connectivity index (χ2v) is 4.96. The summed E-state index contributed by atoms with van der Waals surface area (Å²) in [5.41, 5.74) is 1.48. The number of nitrogens with zero attached hydrogens (tertiary/aromatic N) is 1. The van der Waals surface area contributed by atoms with Gasteiger partial charge in [-0.25, -0.2) is 9.59 Å². The third kappa shape index (κ3) is 3.40. The molecule has 1 aromatic rings. The molecule has 0 bridgehead atoms. The van der Waals surface area contributed by atoms with Crippen LogP contribution >= 0.6 is 11.6 Å². The normalized spacial score (nSPS) is 18.7. The Kier molecular flexibility index (Phi) is 4.46. The second kappa shape index (κ2) is 6.11. The Morgan fingerprint density at radius 3 is 2.95 bits per heavy atom. The number of urea groups is 1. The smallest absolute Gasteiger partial charge is 0.334 e. The van der Waals surface area contributed by atoms with Gasteiger partial charge in [-0.15, -0.1) is 0 Å². The Labute approximate surface area is 121 Å². The first-order valence-corrected chi connectivity index (χ1v) is 6.51. The summed E-state index contributed by atoms with van der Waals surface area (Å²) in [6.07, 6.45) is -0.984. The van der Waals surface area contributed by atoms with Gasteiger partial charge in [0.1, 0.15) is 0 Å². The molecule has 1 unspecified atom stereocenters. The maximum Gasteiger partial charge on any atom is 0.334 e. The van der Waals surface area contributed by atoms with Gasteiger partial charge >= 0.3 is 12.0 Å². The minimum atomic E-state index is -1.07. The molecule has 0 radical (unpaired) electrons. The van der Waals surface area contributed by atoms with Gasteiger partial charge in [-0.3, -0.25) is 0 Å². The van der Waals surface area contributed by atoms with E-state index in [4.69, 9.17) is 21.4 Å². The number of hydrogen-bond acceptors (Lipinski definition) is 3. The van der Waals surface area contributed by atoms with Crippen LogP contribution in [0.15, 0.2) is 18.2 Å². The van der Waals surface area contributed by atoms with Crippen LogP contribution in [0.4, 0.5) is 10.5 Å². The number of carboxylic acids is 1. The Morgan fingerprint density at radius 1 is 1.50 bits per heavy atom. The number of amides is 2. The SMILES string of the molecule is Cc1ccc(Cl)c(NC(=O)N2CCOC(C(=O)O)C2)c1. The number of benzene rings is 1. The molecule has 1 saturated heterocycles. The summed E-state index contributed by atoms with van der Waals surface area (Å²) in [5, 5.41) is 12.0. The van der Waals surface area contributed by atoms with E-state index < -0.39 is 12.1 Å². The van der Waals surface area contributed by atoms with Crippen LogP contribution in [0.5, 0.6) is 0 Å².